The molecule has 24 heavy (non-hydrogen) atoms. The van der Waals surface area contributed by atoms with Gasteiger partial charge in [-0.15, -0.1) is 0 Å². The van der Waals surface area contributed by atoms with Gasteiger partial charge in [0.1, 0.15) is 0 Å². The summed E-state index contributed by atoms with van der Waals surface area (Å²) in [6, 6.07) is 11.5. The van der Waals surface area contributed by atoms with Crippen molar-refractivity contribution in [3.05, 3.63) is 74.8 Å². The van der Waals surface area contributed by atoms with Gasteiger partial charge in [-0.3, -0.25) is 10.1 Å². The van der Waals surface area contributed by atoms with Gasteiger partial charge in [0.2, 0.25) is 10.0 Å². The minimum atomic E-state index is -3.52. The fourth-order valence-corrected chi connectivity index (χ4v) is 3.76. The Balaban J connectivity index is 1.62. The largest absolute Gasteiger partial charge is 0.309 e. The van der Waals surface area contributed by atoms with Crippen molar-refractivity contribution < 1.29 is 13.3 Å². The number of nitrogens with zero attached hydrogens (tertiary/aromatic N) is 1. The highest BCUT2D eigenvalue weighted by atomic mass is 32.2. The van der Waals surface area contributed by atoms with Gasteiger partial charge >= 0.3 is 0 Å². The van der Waals surface area contributed by atoms with Crippen LogP contribution in [0.25, 0.3) is 0 Å². The second kappa shape index (κ2) is 6.68. The molecule has 0 unspecified atom stereocenters. The summed E-state index contributed by atoms with van der Waals surface area (Å²) in [6.45, 7) is 1.88. The van der Waals surface area contributed by atoms with Gasteiger partial charge in [-0.25, -0.2) is 13.1 Å². The third-order valence-electron chi connectivity index (χ3n) is 3.90. The van der Waals surface area contributed by atoms with E-state index in [1.54, 1.807) is 0 Å². The average Bonchev–Trinajstić information content (AvgIpc) is 3.01. The monoisotopic (exact) mass is 347 g/mol. The summed E-state index contributed by atoms with van der Waals surface area (Å²) in [5.74, 6) is -0.211. The number of benzene rings is 2. The molecule has 0 bridgehead atoms. The van der Waals surface area contributed by atoms with Crippen LogP contribution in [0.4, 0.5) is 5.69 Å². The van der Waals surface area contributed by atoms with Crippen molar-refractivity contribution in [2.75, 3.05) is 0 Å². The molecule has 126 valence electrons. The molecule has 0 fully saturated rings. The third kappa shape index (κ3) is 3.97. The fourth-order valence-electron chi connectivity index (χ4n) is 2.64. The lowest BCUT2D eigenvalue weighted by Gasteiger charge is -2.08. The lowest BCUT2D eigenvalue weighted by Crippen LogP contribution is -2.24. The Hall–Kier alpha value is -2.29. The van der Waals surface area contributed by atoms with E-state index in [1.807, 2.05) is 18.2 Å². The van der Waals surface area contributed by atoms with Crippen LogP contribution in [0.5, 0.6) is 0 Å². The van der Waals surface area contributed by atoms with Crippen molar-refractivity contribution in [3.8, 4) is 0 Å². The number of nitrogens with one attached hydrogen (secondary N) is 2. The number of fused-ring (bicyclic) bond motifs is 1. The summed E-state index contributed by atoms with van der Waals surface area (Å²) < 4.78 is 26.9. The number of rotatable bonds is 6. The number of non-ortho nitro benzene ring substituents is 1. The number of sulfonamides is 1. The molecule has 0 saturated carbocycles. The van der Waals surface area contributed by atoms with Crippen LogP contribution in [-0.2, 0) is 35.4 Å². The molecule has 2 aromatic rings. The zero-order valence-electron chi connectivity index (χ0n) is 12.9. The molecule has 0 aliphatic carbocycles. The maximum absolute atomic E-state index is 12.2. The quantitative estimate of drug-likeness (QED) is 0.613. The Labute approximate surface area is 139 Å². The van der Waals surface area contributed by atoms with Crippen LogP contribution >= 0.6 is 0 Å². The van der Waals surface area contributed by atoms with E-state index in [1.165, 1.54) is 35.4 Å². The first-order valence-electron chi connectivity index (χ1n) is 7.45. The molecule has 0 saturated heterocycles. The number of nitro groups is 1. The van der Waals surface area contributed by atoms with Crippen molar-refractivity contribution >= 4 is 15.7 Å². The molecule has 0 aromatic heterocycles. The first kappa shape index (κ1) is 16.6. The predicted octanol–water partition coefficient (Wildman–Crippen LogP) is 1.82. The van der Waals surface area contributed by atoms with Crippen molar-refractivity contribution in [2.45, 2.75) is 25.4 Å². The maximum Gasteiger partial charge on any atom is 0.269 e. The number of nitro benzene ring substituents is 1. The molecule has 2 aromatic carbocycles. The topological polar surface area (TPSA) is 101 Å². The van der Waals surface area contributed by atoms with Crippen LogP contribution in [0.15, 0.2) is 42.5 Å². The molecular formula is C16H17N3O4S. The lowest BCUT2D eigenvalue weighted by molar-refractivity contribution is -0.384. The molecule has 8 heteroatoms. The van der Waals surface area contributed by atoms with Crippen LogP contribution in [0, 0.1) is 10.1 Å². The Morgan fingerprint density at radius 2 is 1.71 bits per heavy atom. The molecule has 0 amide bonds. The SMILES string of the molecule is O=[N+]([O-])c1ccc(CS(=O)(=O)NCc2ccc3c(c2)CNC3)cc1. The van der Waals surface area contributed by atoms with E-state index < -0.39 is 14.9 Å². The summed E-state index contributed by atoms with van der Waals surface area (Å²) in [6.07, 6.45) is 0. The summed E-state index contributed by atoms with van der Waals surface area (Å²) in [5.41, 5.74) is 3.79. The standard InChI is InChI=1S/C16H17N3O4S/c20-19(21)16-5-2-12(3-6-16)11-24(22,23)18-8-13-1-4-14-9-17-10-15(14)7-13/h1-7,17-18H,8-11H2. The van der Waals surface area contributed by atoms with Gasteiger partial charge in [-0.1, -0.05) is 30.3 Å². The lowest BCUT2D eigenvalue weighted by atomic mass is 10.1. The van der Waals surface area contributed by atoms with Crippen molar-refractivity contribution in [1.82, 2.24) is 10.0 Å². The van der Waals surface area contributed by atoms with E-state index >= 15 is 0 Å². The van der Waals surface area contributed by atoms with Gasteiger partial charge in [0.05, 0.1) is 10.7 Å². The average molecular weight is 347 g/mol. The van der Waals surface area contributed by atoms with Gasteiger partial charge < -0.3 is 5.32 Å². The Kier molecular flexibility index (Phi) is 4.61. The van der Waals surface area contributed by atoms with Crippen LogP contribution < -0.4 is 10.0 Å². The minimum absolute atomic E-state index is 0.0594. The third-order valence-corrected chi connectivity index (χ3v) is 5.20. The Morgan fingerprint density at radius 1 is 1.04 bits per heavy atom. The van der Waals surface area contributed by atoms with Crippen molar-refractivity contribution in [1.29, 1.82) is 0 Å². The molecule has 1 aliphatic rings. The van der Waals surface area contributed by atoms with Gasteiger partial charge in [0.15, 0.2) is 0 Å². The van der Waals surface area contributed by atoms with Gasteiger partial charge in [-0.05, 0) is 22.3 Å². The zero-order chi connectivity index (χ0) is 17.2. The van der Waals surface area contributed by atoms with Crippen LogP contribution in [0.1, 0.15) is 22.3 Å². The normalized spacial score (nSPS) is 13.7. The molecule has 1 aliphatic heterocycles. The number of hydrogen-bond acceptors (Lipinski definition) is 5. The second-order valence-corrected chi connectivity index (χ2v) is 7.52. The highest BCUT2D eigenvalue weighted by molar-refractivity contribution is 7.88. The summed E-state index contributed by atoms with van der Waals surface area (Å²) in [5, 5.41) is 13.9. The zero-order valence-corrected chi connectivity index (χ0v) is 13.7. The number of hydrogen-bond donors (Lipinski definition) is 2. The highest BCUT2D eigenvalue weighted by Gasteiger charge is 2.14. The Morgan fingerprint density at radius 3 is 2.42 bits per heavy atom. The second-order valence-electron chi connectivity index (χ2n) is 5.71. The van der Waals surface area contributed by atoms with Crippen molar-refractivity contribution in [2.24, 2.45) is 0 Å². The van der Waals surface area contributed by atoms with E-state index in [9.17, 15) is 18.5 Å². The van der Waals surface area contributed by atoms with E-state index in [-0.39, 0.29) is 18.0 Å². The Bertz CT molecular complexity index is 863. The fraction of sp³-hybridized carbons (Fsp3) is 0.250. The van der Waals surface area contributed by atoms with E-state index in [0.717, 1.165) is 18.7 Å². The summed E-state index contributed by atoms with van der Waals surface area (Å²) >= 11 is 0. The van der Waals surface area contributed by atoms with Crippen LogP contribution in [0.3, 0.4) is 0 Å². The molecule has 7 nitrogen and oxygen atoms in total. The maximum atomic E-state index is 12.2. The van der Waals surface area contributed by atoms with Crippen molar-refractivity contribution in [3.63, 3.8) is 0 Å². The van der Waals surface area contributed by atoms with Gasteiger partial charge in [-0.2, -0.15) is 0 Å². The first-order chi connectivity index (χ1) is 11.4. The molecule has 0 radical (unpaired) electrons. The van der Waals surface area contributed by atoms with Crippen LogP contribution in [0.2, 0.25) is 0 Å². The minimum Gasteiger partial charge on any atom is -0.309 e. The molecule has 3 rings (SSSR count). The molecule has 0 atom stereocenters. The van der Waals surface area contributed by atoms with E-state index in [4.69, 9.17) is 0 Å². The molecule has 1 heterocycles. The van der Waals surface area contributed by atoms with Crippen LogP contribution in [-0.4, -0.2) is 13.3 Å². The molecular weight excluding hydrogens is 330 g/mol. The summed E-state index contributed by atoms with van der Waals surface area (Å²) in [4.78, 5) is 10.1. The van der Waals surface area contributed by atoms with E-state index in [0.29, 0.717) is 5.56 Å². The summed E-state index contributed by atoms with van der Waals surface area (Å²) in [7, 11) is -3.52. The smallest absolute Gasteiger partial charge is 0.269 e. The highest BCUT2D eigenvalue weighted by Crippen LogP contribution is 2.17. The van der Waals surface area contributed by atoms with E-state index in [2.05, 4.69) is 10.0 Å². The predicted molar refractivity (Wildman–Crippen MR) is 89.5 cm³/mol. The van der Waals surface area contributed by atoms with Gasteiger partial charge in [0.25, 0.3) is 5.69 Å². The first-order valence-corrected chi connectivity index (χ1v) is 9.10. The van der Waals surface area contributed by atoms with Gasteiger partial charge in [0, 0.05) is 31.8 Å². The molecule has 0 spiro atoms. The molecule has 2 N–H and O–H groups in total.